The van der Waals surface area contributed by atoms with Crippen molar-refractivity contribution < 1.29 is 20.1 Å². The molecular formula is C6H12O4. The second kappa shape index (κ2) is 4.38. The molecule has 0 aliphatic rings. The summed E-state index contributed by atoms with van der Waals surface area (Å²) in [6, 6.07) is 0. The molecule has 0 saturated heterocycles. The fraction of sp³-hybridized carbons (Fsp3) is 0.833. The van der Waals surface area contributed by atoms with Gasteiger partial charge in [0.1, 0.15) is 12.4 Å². The Balaban J connectivity index is 3.80. The van der Waals surface area contributed by atoms with Crippen molar-refractivity contribution in [2.45, 2.75) is 19.1 Å². The van der Waals surface area contributed by atoms with Crippen molar-refractivity contribution >= 4 is 6.29 Å². The summed E-state index contributed by atoms with van der Waals surface area (Å²) >= 11 is 0. The molecule has 3 atom stereocenters. The van der Waals surface area contributed by atoms with E-state index in [1.165, 1.54) is 6.92 Å². The molecule has 0 spiro atoms. The quantitative estimate of drug-likeness (QED) is 0.425. The maximum atomic E-state index is 10.0. The predicted octanol–water partition coefficient (Wildman–Crippen LogP) is -1.46. The minimum atomic E-state index is -1.22. The third-order valence-corrected chi connectivity index (χ3v) is 1.33. The molecule has 0 radical (unpaired) electrons. The van der Waals surface area contributed by atoms with E-state index in [-0.39, 0.29) is 0 Å². The number of carbonyl (C=O) groups excluding carboxylic acids is 1. The molecule has 0 bridgehead atoms. The van der Waals surface area contributed by atoms with Gasteiger partial charge in [0.25, 0.3) is 0 Å². The fourth-order valence-electron chi connectivity index (χ4n) is 0.539. The Labute approximate surface area is 59.1 Å². The number of aliphatic hydroxyl groups excluding tert-OH is 3. The number of aliphatic hydroxyl groups is 3. The highest BCUT2D eigenvalue weighted by atomic mass is 16.4. The first-order valence-corrected chi connectivity index (χ1v) is 3.05. The van der Waals surface area contributed by atoms with Crippen LogP contribution in [-0.4, -0.2) is 40.4 Å². The van der Waals surface area contributed by atoms with Gasteiger partial charge in [0.05, 0.1) is 12.7 Å². The van der Waals surface area contributed by atoms with Crippen molar-refractivity contribution in [1.29, 1.82) is 0 Å². The van der Waals surface area contributed by atoms with Gasteiger partial charge >= 0.3 is 0 Å². The van der Waals surface area contributed by atoms with Gasteiger partial charge < -0.3 is 20.1 Å². The highest BCUT2D eigenvalue weighted by Gasteiger charge is 2.21. The Bertz CT molecular complexity index is 104. The van der Waals surface area contributed by atoms with Crippen LogP contribution in [0.15, 0.2) is 0 Å². The lowest BCUT2D eigenvalue weighted by Crippen LogP contribution is -2.35. The normalized spacial score (nSPS) is 19.6. The standard InChI is InChI=1S/C6H12O4/c1-4(2-7)6(10)5(9)3-8/h2,4-6,8-10H,3H2,1H3/t4-,5+,6-/m0/s1. The second-order valence-electron chi connectivity index (χ2n) is 2.24. The smallest absolute Gasteiger partial charge is 0.125 e. The van der Waals surface area contributed by atoms with Crippen LogP contribution in [0.2, 0.25) is 0 Å². The summed E-state index contributed by atoms with van der Waals surface area (Å²) in [6.07, 6.45) is -1.86. The fourth-order valence-corrected chi connectivity index (χ4v) is 0.539. The topological polar surface area (TPSA) is 77.8 Å². The number of aldehydes is 1. The minimum absolute atomic E-state index is 0.528. The first-order valence-electron chi connectivity index (χ1n) is 3.05. The molecule has 10 heavy (non-hydrogen) atoms. The Morgan fingerprint density at radius 1 is 1.50 bits per heavy atom. The van der Waals surface area contributed by atoms with Crippen LogP contribution < -0.4 is 0 Å². The number of hydrogen-bond acceptors (Lipinski definition) is 4. The monoisotopic (exact) mass is 148 g/mol. The van der Waals surface area contributed by atoms with Gasteiger partial charge in [-0.05, 0) is 0 Å². The highest BCUT2D eigenvalue weighted by Crippen LogP contribution is 2.03. The lowest BCUT2D eigenvalue weighted by Gasteiger charge is -2.17. The van der Waals surface area contributed by atoms with E-state index in [9.17, 15) is 4.79 Å². The van der Waals surface area contributed by atoms with Gasteiger partial charge in [-0.2, -0.15) is 0 Å². The zero-order chi connectivity index (χ0) is 8.15. The molecule has 0 aliphatic carbocycles. The zero-order valence-electron chi connectivity index (χ0n) is 5.77. The molecule has 0 aromatic rings. The lowest BCUT2D eigenvalue weighted by atomic mass is 10.0. The van der Waals surface area contributed by atoms with Crippen LogP contribution >= 0.6 is 0 Å². The lowest BCUT2D eigenvalue weighted by molar-refractivity contribution is -0.117. The second-order valence-corrected chi connectivity index (χ2v) is 2.24. The Morgan fingerprint density at radius 3 is 2.30 bits per heavy atom. The average molecular weight is 148 g/mol. The maximum absolute atomic E-state index is 10.0. The van der Waals surface area contributed by atoms with Crippen molar-refractivity contribution in [2.75, 3.05) is 6.61 Å². The number of carbonyl (C=O) groups is 1. The van der Waals surface area contributed by atoms with E-state index in [0.29, 0.717) is 6.29 Å². The van der Waals surface area contributed by atoms with Crippen LogP contribution in [0.5, 0.6) is 0 Å². The SMILES string of the molecule is C[C@@H](C=O)[C@H](O)[C@H](O)CO. The van der Waals surface area contributed by atoms with E-state index in [2.05, 4.69) is 0 Å². The molecule has 4 nitrogen and oxygen atoms in total. The summed E-state index contributed by atoms with van der Waals surface area (Å²) in [5.74, 6) is -0.637. The van der Waals surface area contributed by atoms with Crippen LogP contribution in [0.3, 0.4) is 0 Å². The van der Waals surface area contributed by atoms with Crippen molar-refractivity contribution in [2.24, 2.45) is 5.92 Å². The molecule has 4 heteroatoms. The molecule has 0 fully saturated rings. The minimum Gasteiger partial charge on any atom is -0.394 e. The molecule has 3 N–H and O–H groups in total. The molecule has 0 unspecified atom stereocenters. The molecule has 0 amide bonds. The molecular weight excluding hydrogens is 136 g/mol. The third-order valence-electron chi connectivity index (χ3n) is 1.33. The molecule has 0 saturated carbocycles. The Hall–Kier alpha value is -0.450. The number of rotatable bonds is 4. The van der Waals surface area contributed by atoms with E-state index in [1.807, 2.05) is 0 Å². The van der Waals surface area contributed by atoms with E-state index in [4.69, 9.17) is 15.3 Å². The zero-order valence-corrected chi connectivity index (χ0v) is 5.77. The van der Waals surface area contributed by atoms with Crippen LogP contribution in [-0.2, 0) is 4.79 Å². The van der Waals surface area contributed by atoms with Crippen molar-refractivity contribution in [3.8, 4) is 0 Å². The molecule has 0 aromatic carbocycles. The van der Waals surface area contributed by atoms with Crippen LogP contribution in [0, 0.1) is 5.92 Å². The largest absolute Gasteiger partial charge is 0.394 e. The molecule has 0 rings (SSSR count). The summed E-state index contributed by atoms with van der Waals surface area (Å²) in [6.45, 7) is 0.940. The van der Waals surface area contributed by atoms with Gasteiger partial charge in [0.15, 0.2) is 0 Å². The van der Waals surface area contributed by atoms with Gasteiger partial charge in [-0.1, -0.05) is 6.92 Å². The van der Waals surface area contributed by atoms with Gasteiger partial charge in [0, 0.05) is 5.92 Å². The molecule has 60 valence electrons. The van der Waals surface area contributed by atoms with E-state index >= 15 is 0 Å². The Kier molecular flexibility index (Phi) is 4.18. The van der Waals surface area contributed by atoms with Crippen LogP contribution in [0.25, 0.3) is 0 Å². The van der Waals surface area contributed by atoms with E-state index < -0.39 is 24.7 Å². The Morgan fingerprint density at radius 2 is 2.00 bits per heavy atom. The summed E-state index contributed by atoms with van der Waals surface area (Å²) in [5, 5.41) is 26.0. The first kappa shape index (κ1) is 9.55. The van der Waals surface area contributed by atoms with E-state index in [1.54, 1.807) is 0 Å². The maximum Gasteiger partial charge on any atom is 0.125 e. The predicted molar refractivity (Wildman–Crippen MR) is 34.3 cm³/mol. The summed E-state index contributed by atoms with van der Waals surface area (Å²) in [7, 11) is 0. The van der Waals surface area contributed by atoms with Crippen molar-refractivity contribution in [3.05, 3.63) is 0 Å². The molecule has 0 heterocycles. The number of hydrogen-bond donors (Lipinski definition) is 3. The van der Waals surface area contributed by atoms with Gasteiger partial charge in [-0.25, -0.2) is 0 Å². The average Bonchev–Trinajstić information content (AvgIpc) is 2.00. The van der Waals surface area contributed by atoms with Gasteiger partial charge in [-0.15, -0.1) is 0 Å². The van der Waals surface area contributed by atoms with Crippen LogP contribution in [0.4, 0.5) is 0 Å². The van der Waals surface area contributed by atoms with Crippen LogP contribution in [0.1, 0.15) is 6.92 Å². The van der Waals surface area contributed by atoms with E-state index in [0.717, 1.165) is 0 Å². The van der Waals surface area contributed by atoms with Gasteiger partial charge in [0.2, 0.25) is 0 Å². The molecule has 0 aromatic heterocycles. The van der Waals surface area contributed by atoms with Gasteiger partial charge in [-0.3, -0.25) is 0 Å². The summed E-state index contributed by atoms with van der Waals surface area (Å²) < 4.78 is 0. The molecule has 0 aliphatic heterocycles. The summed E-state index contributed by atoms with van der Waals surface area (Å²) in [4.78, 5) is 10.0. The first-order chi connectivity index (χ1) is 4.63. The summed E-state index contributed by atoms with van der Waals surface area (Å²) in [5.41, 5.74) is 0. The third kappa shape index (κ3) is 2.43. The van der Waals surface area contributed by atoms with Crippen molar-refractivity contribution in [3.63, 3.8) is 0 Å². The van der Waals surface area contributed by atoms with Crippen molar-refractivity contribution in [1.82, 2.24) is 0 Å². The highest BCUT2D eigenvalue weighted by molar-refractivity contribution is 5.53.